The third-order valence-electron chi connectivity index (χ3n) is 3.77. The summed E-state index contributed by atoms with van der Waals surface area (Å²) < 4.78 is 5.89. The monoisotopic (exact) mass is 318 g/mol. The number of para-hydroxylation sites is 2. The summed E-state index contributed by atoms with van der Waals surface area (Å²) in [4.78, 5) is 6.78. The van der Waals surface area contributed by atoms with Gasteiger partial charge in [-0.05, 0) is 44.4 Å². The van der Waals surface area contributed by atoms with Crippen LogP contribution >= 0.6 is 0 Å². The topological polar surface area (TPSA) is 25.4 Å². The highest BCUT2D eigenvalue weighted by Gasteiger charge is 2.01. The summed E-state index contributed by atoms with van der Waals surface area (Å²) in [6.45, 7) is 1.57. The van der Waals surface area contributed by atoms with Crippen LogP contribution < -0.4 is 4.74 Å². The second-order valence-electron chi connectivity index (χ2n) is 5.95. The van der Waals surface area contributed by atoms with Crippen molar-refractivity contribution in [3.05, 3.63) is 71.9 Å². The average Bonchev–Trinajstić information content (AvgIpc) is 2.60. The maximum Gasteiger partial charge on any atom is 0.126 e. The molecular formula is C21H22N2O. The Bertz CT molecular complexity index is 840. The molecule has 0 aliphatic carbocycles. The Hall–Kier alpha value is -2.65. The molecule has 0 aliphatic heterocycles. The predicted octanol–water partition coefficient (Wildman–Crippen LogP) is 4.35. The minimum Gasteiger partial charge on any atom is -0.492 e. The molecule has 0 saturated heterocycles. The van der Waals surface area contributed by atoms with Gasteiger partial charge >= 0.3 is 0 Å². The van der Waals surface area contributed by atoms with Crippen LogP contribution in [0.15, 0.2) is 60.7 Å². The number of rotatable bonds is 6. The van der Waals surface area contributed by atoms with Gasteiger partial charge < -0.3 is 9.64 Å². The van der Waals surface area contributed by atoms with Gasteiger partial charge in [-0.2, -0.15) is 0 Å². The van der Waals surface area contributed by atoms with Gasteiger partial charge in [0, 0.05) is 17.5 Å². The first-order valence-corrected chi connectivity index (χ1v) is 8.13. The van der Waals surface area contributed by atoms with Gasteiger partial charge in [-0.15, -0.1) is 0 Å². The largest absolute Gasteiger partial charge is 0.492 e. The van der Waals surface area contributed by atoms with Crippen LogP contribution in [-0.4, -0.2) is 37.1 Å². The van der Waals surface area contributed by atoms with E-state index in [1.807, 2.05) is 62.6 Å². The molecule has 0 atom stereocenters. The van der Waals surface area contributed by atoms with Crippen molar-refractivity contribution < 1.29 is 4.74 Å². The zero-order valence-electron chi connectivity index (χ0n) is 14.1. The Morgan fingerprint density at radius 1 is 0.917 bits per heavy atom. The summed E-state index contributed by atoms with van der Waals surface area (Å²) in [6, 6.07) is 20.4. The van der Waals surface area contributed by atoms with Crippen molar-refractivity contribution >= 4 is 23.1 Å². The van der Waals surface area contributed by atoms with Crippen LogP contribution in [0.2, 0.25) is 0 Å². The summed E-state index contributed by atoms with van der Waals surface area (Å²) >= 11 is 0. The molecule has 1 heterocycles. The molecule has 3 rings (SSSR count). The van der Waals surface area contributed by atoms with E-state index >= 15 is 0 Å². The Kier molecular flexibility index (Phi) is 5.24. The lowest BCUT2D eigenvalue weighted by Gasteiger charge is -2.12. The van der Waals surface area contributed by atoms with Crippen LogP contribution in [0.1, 0.15) is 11.3 Å². The van der Waals surface area contributed by atoms with E-state index in [2.05, 4.69) is 34.2 Å². The second-order valence-corrected chi connectivity index (χ2v) is 5.95. The molecule has 3 aromatic rings. The molecule has 2 aromatic carbocycles. The molecule has 0 N–H and O–H groups in total. The Morgan fingerprint density at radius 3 is 2.58 bits per heavy atom. The average molecular weight is 318 g/mol. The van der Waals surface area contributed by atoms with Crippen LogP contribution in [0, 0.1) is 0 Å². The van der Waals surface area contributed by atoms with Crippen molar-refractivity contribution in [1.82, 2.24) is 9.88 Å². The minimum atomic E-state index is 0.673. The first kappa shape index (κ1) is 16.2. The van der Waals surface area contributed by atoms with Crippen molar-refractivity contribution in [3.8, 4) is 5.75 Å². The van der Waals surface area contributed by atoms with Crippen molar-refractivity contribution in [2.75, 3.05) is 27.2 Å². The number of aromatic nitrogens is 1. The van der Waals surface area contributed by atoms with Gasteiger partial charge in [-0.25, -0.2) is 4.98 Å². The van der Waals surface area contributed by atoms with Crippen molar-refractivity contribution in [1.29, 1.82) is 0 Å². The van der Waals surface area contributed by atoms with E-state index < -0.39 is 0 Å². The highest BCUT2D eigenvalue weighted by atomic mass is 16.5. The second kappa shape index (κ2) is 7.75. The van der Waals surface area contributed by atoms with Gasteiger partial charge in [0.15, 0.2) is 0 Å². The fraction of sp³-hybridized carbons (Fsp3) is 0.190. The van der Waals surface area contributed by atoms with Crippen molar-refractivity contribution in [2.45, 2.75) is 0 Å². The standard InChI is InChI=1S/C21H22N2O/c1-23(2)15-16-24-21-10-6-4-8-18(21)12-14-19-13-11-17-7-3-5-9-20(17)22-19/h3-14H,15-16H2,1-2H3/b14-12+. The van der Waals surface area contributed by atoms with Gasteiger partial charge in [0.25, 0.3) is 0 Å². The number of ether oxygens (including phenoxy) is 1. The number of pyridine rings is 1. The molecule has 3 nitrogen and oxygen atoms in total. The third-order valence-corrected chi connectivity index (χ3v) is 3.77. The highest BCUT2D eigenvalue weighted by molar-refractivity contribution is 5.81. The van der Waals surface area contributed by atoms with Gasteiger partial charge in [-0.3, -0.25) is 0 Å². The lowest BCUT2D eigenvalue weighted by Crippen LogP contribution is -2.19. The summed E-state index contributed by atoms with van der Waals surface area (Å²) in [6.07, 6.45) is 4.09. The fourth-order valence-corrected chi connectivity index (χ4v) is 2.44. The number of benzene rings is 2. The van der Waals surface area contributed by atoms with E-state index in [1.54, 1.807) is 0 Å². The lowest BCUT2D eigenvalue weighted by molar-refractivity contribution is 0.261. The molecule has 0 radical (unpaired) electrons. The number of nitrogens with zero attached hydrogens (tertiary/aromatic N) is 2. The van der Waals surface area contributed by atoms with Crippen molar-refractivity contribution in [2.24, 2.45) is 0 Å². The zero-order chi connectivity index (χ0) is 16.8. The molecule has 0 unspecified atom stereocenters. The summed E-state index contributed by atoms with van der Waals surface area (Å²) in [5.74, 6) is 0.899. The molecular weight excluding hydrogens is 296 g/mol. The van der Waals surface area contributed by atoms with Gasteiger partial charge in [0.1, 0.15) is 12.4 Å². The summed E-state index contributed by atoms with van der Waals surface area (Å²) in [5.41, 5.74) is 3.01. The zero-order valence-corrected chi connectivity index (χ0v) is 14.1. The quantitative estimate of drug-likeness (QED) is 0.676. The van der Waals surface area contributed by atoms with Crippen LogP contribution in [0.5, 0.6) is 5.75 Å². The fourth-order valence-electron chi connectivity index (χ4n) is 2.44. The van der Waals surface area contributed by atoms with E-state index in [4.69, 9.17) is 4.74 Å². The van der Waals surface area contributed by atoms with Gasteiger partial charge in [0.05, 0.1) is 11.2 Å². The number of fused-ring (bicyclic) bond motifs is 1. The summed E-state index contributed by atoms with van der Waals surface area (Å²) in [5, 5.41) is 1.15. The van der Waals surface area contributed by atoms with E-state index in [0.717, 1.165) is 34.5 Å². The molecule has 0 bridgehead atoms. The van der Waals surface area contributed by atoms with Crippen LogP contribution in [0.3, 0.4) is 0 Å². The first-order valence-electron chi connectivity index (χ1n) is 8.13. The molecule has 0 fully saturated rings. The van der Waals surface area contributed by atoms with Gasteiger partial charge in [-0.1, -0.05) is 42.5 Å². The van der Waals surface area contributed by atoms with E-state index in [-0.39, 0.29) is 0 Å². The molecule has 0 spiro atoms. The molecule has 0 saturated carbocycles. The highest BCUT2D eigenvalue weighted by Crippen LogP contribution is 2.21. The number of hydrogen-bond donors (Lipinski definition) is 0. The molecule has 0 amide bonds. The molecule has 24 heavy (non-hydrogen) atoms. The van der Waals surface area contributed by atoms with Crippen molar-refractivity contribution in [3.63, 3.8) is 0 Å². The molecule has 0 aliphatic rings. The Labute approximate surface area is 143 Å². The summed E-state index contributed by atoms with van der Waals surface area (Å²) in [7, 11) is 4.08. The SMILES string of the molecule is CN(C)CCOc1ccccc1/C=C/c1ccc2ccccc2n1. The van der Waals surface area contributed by atoms with Crippen LogP contribution in [0.4, 0.5) is 0 Å². The molecule has 122 valence electrons. The normalized spacial score (nSPS) is 11.5. The van der Waals surface area contributed by atoms with Gasteiger partial charge in [0.2, 0.25) is 0 Å². The Morgan fingerprint density at radius 2 is 1.71 bits per heavy atom. The third kappa shape index (κ3) is 4.21. The maximum absolute atomic E-state index is 5.89. The first-order chi connectivity index (χ1) is 11.7. The smallest absolute Gasteiger partial charge is 0.126 e. The maximum atomic E-state index is 5.89. The minimum absolute atomic E-state index is 0.673. The van der Waals surface area contributed by atoms with Crippen LogP contribution in [-0.2, 0) is 0 Å². The number of likely N-dealkylation sites (N-methyl/N-ethyl adjacent to an activating group) is 1. The predicted molar refractivity (Wildman–Crippen MR) is 101 cm³/mol. The van der Waals surface area contributed by atoms with E-state index in [9.17, 15) is 0 Å². The molecule has 3 heteroatoms. The molecule has 1 aromatic heterocycles. The lowest BCUT2D eigenvalue weighted by atomic mass is 10.1. The Balaban J connectivity index is 1.77. The van der Waals surface area contributed by atoms with E-state index in [1.165, 1.54) is 0 Å². The van der Waals surface area contributed by atoms with E-state index in [0.29, 0.717) is 6.61 Å². The number of hydrogen-bond acceptors (Lipinski definition) is 3. The van der Waals surface area contributed by atoms with Crippen LogP contribution in [0.25, 0.3) is 23.1 Å².